The maximum absolute atomic E-state index is 9.30. The summed E-state index contributed by atoms with van der Waals surface area (Å²) in [5.41, 5.74) is 1.36. The Morgan fingerprint density at radius 1 is 1.19 bits per heavy atom. The van der Waals surface area contributed by atoms with Gasteiger partial charge in [0.15, 0.2) is 16.6 Å². The predicted molar refractivity (Wildman–Crippen MR) is 77.7 cm³/mol. The van der Waals surface area contributed by atoms with Gasteiger partial charge in [0, 0.05) is 18.9 Å². The summed E-state index contributed by atoms with van der Waals surface area (Å²) < 4.78 is 1.91. The molecule has 0 fully saturated rings. The van der Waals surface area contributed by atoms with Crippen molar-refractivity contribution in [3.63, 3.8) is 0 Å². The van der Waals surface area contributed by atoms with Crippen molar-refractivity contribution >= 4 is 22.9 Å². The van der Waals surface area contributed by atoms with Gasteiger partial charge in [-0.2, -0.15) is 0 Å². The first-order chi connectivity index (χ1) is 10.3. The highest BCUT2D eigenvalue weighted by Gasteiger charge is 2.13. The first kappa shape index (κ1) is 13.9. The van der Waals surface area contributed by atoms with Crippen LogP contribution in [0.15, 0.2) is 34.7 Å². The fraction of sp³-hybridized carbons (Fsp3) is 0.308. The van der Waals surface area contributed by atoms with Gasteiger partial charge in [-0.3, -0.25) is 4.98 Å². The van der Waals surface area contributed by atoms with Crippen LogP contribution in [-0.4, -0.2) is 34.8 Å². The highest BCUT2D eigenvalue weighted by Crippen LogP contribution is 2.26. The van der Waals surface area contributed by atoms with Crippen LogP contribution in [0.5, 0.6) is 0 Å². The van der Waals surface area contributed by atoms with E-state index in [0.717, 1.165) is 28.7 Å². The number of pyridine rings is 1. The van der Waals surface area contributed by atoms with Gasteiger partial charge in [0.2, 0.25) is 0 Å². The van der Waals surface area contributed by atoms with Gasteiger partial charge >= 0.3 is 0 Å². The molecule has 3 heterocycles. The van der Waals surface area contributed by atoms with Crippen LogP contribution >= 0.6 is 11.8 Å². The molecule has 21 heavy (non-hydrogen) atoms. The number of aliphatic hydroxyl groups is 1. The quantitative estimate of drug-likeness (QED) is 0.766. The summed E-state index contributed by atoms with van der Waals surface area (Å²) in [5, 5.41) is 18.9. The minimum absolute atomic E-state index is 0.121. The van der Waals surface area contributed by atoms with Gasteiger partial charge in [-0.25, -0.2) is 9.97 Å². The normalized spacial score (nSPS) is 11.1. The molecule has 0 aromatic carbocycles. The van der Waals surface area contributed by atoms with Crippen LogP contribution in [0.1, 0.15) is 19.2 Å². The van der Waals surface area contributed by atoms with Gasteiger partial charge in [-0.1, -0.05) is 6.92 Å². The molecule has 3 aromatic rings. The summed E-state index contributed by atoms with van der Waals surface area (Å²) in [6, 6.07) is 3.76. The van der Waals surface area contributed by atoms with Crippen LogP contribution in [0.3, 0.4) is 0 Å². The molecule has 0 bridgehead atoms. The van der Waals surface area contributed by atoms with Crippen molar-refractivity contribution < 1.29 is 5.11 Å². The fourth-order valence-electron chi connectivity index (χ4n) is 1.95. The van der Waals surface area contributed by atoms with Crippen LogP contribution in [0.4, 0.5) is 0 Å². The van der Waals surface area contributed by atoms with Crippen LogP contribution in [-0.2, 0) is 13.2 Å². The molecule has 0 aliphatic rings. The number of fused-ring (bicyclic) bond motifs is 1. The molecule has 3 aromatic heterocycles. The van der Waals surface area contributed by atoms with E-state index >= 15 is 0 Å². The van der Waals surface area contributed by atoms with Crippen molar-refractivity contribution in [3.8, 4) is 0 Å². The second-order valence-corrected chi connectivity index (χ2v) is 5.35. The number of hydrogen-bond donors (Lipinski definition) is 1. The van der Waals surface area contributed by atoms with Crippen molar-refractivity contribution in [2.75, 3.05) is 0 Å². The van der Waals surface area contributed by atoms with E-state index in [-0.39, 0.29) is 6.61 Å². The van der Waals surface area contributed by atoms with E-state index in [0.29, 0.717) is 11.5 Å². The number of rotatable bonds is 5. The van der Waals surface area contributed by atoms with E-state index in [2.05, 4.69) is 32.1 Å². The molecular formula is C13H14N6OS. The second-order valence-electron chi connectivity index (χ2n) is 4.36. The predicted octanol–water partition coefficient (Wildman–Crippen LogP) is 1.67. The van der Waals surface area contributed by atoms with Gasteiger partial charge in [0.25, 0.3) is 0 Å². The standard InChI is InChI=1S/C13H14N6OS/c1-2-7-19-10(8-20)17-18-13(19)21-11-4-3-9-12(16-11)15-6-5-14-9/h3-6,20H,2,7-8H2,1H3. The molecule has 0 atom stereocenters. The molecule has 0 radical (unpaired) electrons. The molecule has 3 rings (SSSR count). The lowest BCUT2D eigenvalue weighted by Crippen LogP contribution is -2.04. The average molecular weight is 302 g/mol. The molecule has 0 unspecified atom stereocenters. The zero-order valence-electron chi connectivity index (χ0n) is 11.5. The average Bonchev–Trinajstić information content (AvgIpc) is 2.90. The SMILES string of the molecule is CCCn1c(CO)nnc1Sc1ccc2nccnc2n1. The molecular weight excluding hydrogens is 288 g/mol. The van der Waals surface area contributed by atoms with Crippen molar-refractivity contribution in [1.82, 2.24) is 29.7 Å². The van der Waals surface area contributed by atoms with Crippen molar-refractivity contribution in [2.45, 2.75) is 36.7 Å². The topological polar surface area (TPSA) is 89.6 Å². The Morgan fingerprint density at radius 2 is 2.05 bits per heavy atom. The molecule has 0 saturated carbocycles. The maximum Gasteiger partial charge on any atom is 0.197 e. The third-order valence-electron chi connectivity index (χ3n) is 2.88. The molecule has 0 aliphatic carbocycles. The third-order valence-corrected chi connectivity index (χ3v) is 3.81. The molecule has 0 amide bonds. The van der Waals surface area contributed by atoms with E-state index in [1.54, 1.807) is 12.4 Å². The maximum atomic E-state index is 9.30. The first-order valence-electron chi connectivity index (χ1n) is 6.60. The van der Waals surface area contributed by atoms with E-state index in [9.17, 15) is 5.11 Å². The summed E-state index contributed by atoms with van der Waals surface area (Å²) in [6.45, 7) is 2.71. The Bertz CT molecular complexity index is 759. The molecule has 0 aliphatic heterocycles. The lowest BCUT2D eigenvalue weighted by Gasteiger charge is -2.07. The molecule has 1 N–H and O–H groups in total. The Kier molecular flexibility index (Phi) is 4.07. The van der Waals surface area contributed by atoms with Crippen molar-refractivity contribution in [2.24, 2.45) is 0 Å². The van der Waals surface area contributed by atoms with Gasteiger partial charge in [0.1, 0.15) is 17.1 Å². The molecule has 108 valence electrons. The summed E-state index contributed by atoms with van der Waals surface area (Å²) in [6.07, 6.45) is 4.20. The number of aromatic nitrogens is 6. The van der Waals surface area contributed by atoms with E-state index < -0.39 is 0 Å². The Labute approximate surface area is 125 Å². The molecule has 0 saturated heterocycles. The lowest BCUT2D eigenvalue weighted by molar-refractivity contribution is 0.263. The van der Waals surface area contributed by atoms with Crippen molar-refractivity contribution in [3.05, 3.63) is 30.4 Å². The Morgan fingerprint density at radius 3 is 2.86 bits per heavy atom. The number of aliphatic hydroxyl groups excluding tert-OH is 1. The first-order valence-corrected chi connectivity index (χ1v) is 7.42. The zero-order valence-corrected chi connectivity index (χ0v) is 12.3. The van der Waals surface area contributed by atoms with E-state index in [1.807, 2.05) is 16.7 Å². The highest BCUT2D eigenvalue weighted by atomic mass is 32.2. The minimum Gasteiger partial charge on any atom is -0.388 e. The summed E-state index contributed by atoms with van der Waals surface area (Å²) >= 11 is 1.40. The van der Waals surface area contributed by atoms with Crippen LogP contribution < -0.4 is 0 Å². The monoisotopic (exact) mass is 302 g/mol. The van der Waals surface area contributed by atoms with Gasteiger partial charge in [0.05, 0.1) is 0 Å². The molecule has 7 nitrogen and oxygen atoms in total. The molecule has 8 heteroatoms. The third kappa shape index (κ3) is 2.86. The zero-order chi connectivity index (χ0) is 14.7. The molecule has 0 spiro atoms. The number of nitrogens with zero attached hydrogens (tertiary/aromatic N) is 6. The van der Waals surface area contributed by atoms with Gasteiger partial charge in [-0.05, 0) is 30.3 Å². The van der Waals surface area contributed by atoms with Crippen molar-refractivity contribution in [1.29, 1.82) is 0 Å². The summed E-state index contributed by atoms with van der Waals surface area (Å²) in [7, 11) is 0. The van der Waals surface area contributed by atoms with Gasteiger partial charge in [-0.15, -0.1) is 10.2 Å². The fourth-order valence-corrected chi connectivity index (χ4v) is 2.79. The smallest absolute Gasteiger partial charge is 0.197 e. The minimum atomic E-state index is -0.121. The van der Waals surface area contributed by atoms with Crippen LogP contribution in [0.25, 0.3) is 11.2 Å². The summed E-state index contributed by atoms with van der Waals surface area (Å²) in [4.78, 5) is 12.8. The van der Waals surface area contributed by atoms with Crippen LogP contribution in [0.2, 0.25) is 0 Å². The van der Waals surface area contributed by atoms with E-state index in [4.69, 9.17) is 0 Å². The summed E-state index contributed by atoms with van der Waals surface area (Å²) in [5.74, 6) is 0.569. The lowest BCUT2D eigenvalue weighted by atomic mass is 10.4. The number of hydrogen-bond acceptors (Lipinski definition) is 7. The second kappa shape index (κ2) is 6.15. The highest BCUT2D eigenvalue weighted by molar-refractivity contribution is 7.99. The van der Waals surface area contributed by atoms with Crippen LogP contribution in [0, 0.1) is 0 Å². The Hall–Kier alpha value is -2.06. The largest absolute Gasteiger partial charge is 0.388 e. The van der Waals surface area contributed by atoms with Gasteiger partial charge < -0.3 is 9.67 Å². The Balaban J connectivity index is 1.92. The van der Waals surface area contributed by atoms with E-state index in [1.165, 1.54) is 11.8 Å².